The van der Waals surface area contributed by atoms with Gasteiger partial charge in [0.1, 0.15) is 0 Å². The van der Waals surface area contributed by atoms with E-state index in [1.54, 1.807) is 0 Å². The molecule has 5 nitrogen and oxygen atoms in total. The number of rotatable bonds is 4. The molecule has 6 aromatic carbocycles. The molecule has 0 saturated heterocycles. The van der Waals surface area contributed by atoms with Crippen LogP contribution in [0.1, 0.15) is 11.1 Å². The van der Waals surface area contributed by atoms with Gasteiger partial charge < -0.3 is 9.13 Å². The number of hydrogen-bond donors (Lipinski definition) is 0. The van der Waals surface area contributed by atoms with E-state index in [-0.39, 0.29) is 0 Å². The van der Waals surface area contributed by atoms with Crippen molar-refractivity contribution in [3.63, 3.8) is 0 Å². The van der Waals surface area contributed by atoms with Crippen LogP contribution in [0.3, 0.4) is 0 Å². The molecular formula is C46H29N5. The van der Waals surface area contributed by atoms with E-state index in [2.05, 4.69) is 161 Å². The first kappa shape index (κ1) is 28.0. The lowest BCUT2D eigenvalue weighted by molar-refractivity contribution is 1.12. The predicted molar refractivity (Wildman–Crippen MR) is 208 cm³/mol. The molecule has 0 fully saturated rings. The Bertz CT molecular complexity index is 2790. The Kier molecular flexibility index (Phi) is 5.95. The summed E-state index contributed by atoms with van der Waals surface area (Å²) in [5.41, 5.74) is 14.5. The van der Waals surface area contributed by atoms with Gasteiger partial charge in [-0.2, -0.15) is 0 Å². The minimum Gasteiger partial charge on any atom is -0.309 e. The van der Waals surface area contributed by atoms with E-state index in [0.29, 0.717) is 0 Å². The Morgan fingerprint density at radius 3 is 1.61 bits per heavy atom. The van der Waals surface area contributed by atoms with Crippen molar-refractivity contribution < 1.29 is 0 Å². The van der Waals surface area contributed by atoms with E-state index in [4.69, 9.17) is 15.0 Å². The first-order chi connectivity index (χ1) is 25.3. The van der Waals surface area contributed by atoms with Gasteiger partial charge in [-0.25, -0.2) is 9.97 Å². The van der Waals surface area contributed by atoms with E-state index in [9.17, 15) is 0 Å². The van der Waals surface area contributed by atoms with Gasteiger partial charge in [0.15, 0.2) is 5.82 Å². The maximum atomic E-state index is 5.23. The maximum absolute atomic E-state index is 5.23. The van der Waals surface area contributed by atoms with Crippen LogP contribution in [-0.4, -0.2) is 24.1 Å². The Morgan fingerprint density at radius 2 is 0.961 bits per heavy atom. The van der Waals surface area contributed by atoms with Gasteiger partial charge in [-0.05, 0) is 78.4 Å². The van der Waals surface area contributed by atoms with Crippen molar-refractivity contribution in [2.75, 3.05) is 0 Å². The smallest absolute Gasteiger partial charge is 0.159 e. The van der Waals surface area contributed by atoms with Crippen LogP contribution in [0.2, 0.25) is 0 Å². The zero-order chi connectivity index (χ0) is 33.5. The molecule has 0 N–H and O–H groups in total. The number of nitrogens with zero attached hydrogens (tertiary/aromatic N) is 5. The molecule has 238 valence electrons. The predicted octanol–water partition coefficient (Wildman–Crippen LogP) is 11.0. The molecular weight excluding hydrogens is 623 g/mol. The van der Waals surface area contributed by atoms with E-state index in [1.165, 1.54) is 43.7 Å². The lowest BCUT2D eigenvalue weighted by Crippen LogP contribution is -1.95. The third kappa shape index (κ3) is 4.25. The molecule has 0 aliphatic heterocycles. The molecule has 0 radical (unpaired) electrons. The van der Waals surface area contributed by atoms with Crippen LogP contribution in [0.15, 0.2) is 164 Å². The topological polar surface area (TPSA) is 48.5 Å². The highest BCUT2D eigenvalue weighted by atomic mass is 15.0. The molecule has 10 aromatic rings. The molecule has 1 aliphatic rings. The average molecular weight is 652 g/mol. The quantitative estimate of drug-likeness (QED) is 0.190. The van der Waals surface area contributed by atoms with Crippen molar-refractivity contribution in [1.29, 1.82) is 0 Å². The molecule has 0 bridgehead atoms. The number of hydrogen-bond acceptors (Lipinski definition) is 3. The van der Waals surface area contributed by atoms with Crippen molar-refractivity contribution in [3.05, 3.63) is 175 Å². The number of pyridine rings is 1. The fourth-order valence-corrected chi connectivity index (χ4v) is 8.07. The fraction of sp³-hybridized carbons (Fsp3) is 0.0217. The summed E-state index contributed by atoms with van der Waals surface area (Å²) in [6, 6.07) is 53.9. The summed E-state index contributed by atoms with van der Waals surface area (Å²) < 4.78 is 4.68. The van der Waals surface area contributed by atoms with Crippen LogP contribution in [0, 0.1) is 0 Å². The van der Waals surface area contributed by atoms with E-state index in [0.717, 1.165) is 62.8 Å². The third-order valence-corrected chi connectivity index (χ3v) is 10.4. The summed E-state index contributed by atoms with van der Waals surface area (Å²) >= 11 is 0. The van der Waals surface area contributed by atoms with Crippen molar-refractivity contribution in [3.8, 4) is 45.3 Å². The minimum atomic E-state index is 0.730. The molecule has 5 heteroatoms. The van der Waals surface area contributed by atoms with Crippen LogP contribution in [0.5, 0.6) is 0 Å². The molecule has 0 amide bonds. The minimum absolute atomic E-state index is 0.730. The van der Waals surface area contributed by atoms with Crippen LogP contribution in [0.25, 0.3) is 88.9 Å². The largest absolute Gasteiger partial charge is 0.309 e. The standard InChI is InChI=1S/C46H29N5/c1-3-11-33(12-4-1)50-41-17-9-7-15-35(41)38-24-29(19-21-43(38)50)40-26-37-31(27-47-40)23-32-28-48-46(49-45(32)37)30-20-22-44-39(25-30)36-16-8-10-18-42(36)51(44)34-13-5-2-6-14-34/h1-22,24-28H,23H2. The fourth-order valence-electron chi connectivity index (χ4n) is 8.07. The molecule has 0 unspecified atom stereocenters. The summed E-state index contributed by atoms with van der Waals surface area (Å²) in [4.78, 5) is 15.1. The number of aromatic nitrogens is 5. The van der Waals surface area contributed by atoms with Crippen LogP contribution >= 0.6 is 0 Å². The summed E-state index contributed by atoms with van der Waals surface area (Å²) in [5, 5.41) is 4.84. The molecule has 4 aromatic heterocycles. The Morgan fingerprint density at radius 1 is 0.431 bits per heavy atom. The van der Waals surface area contributed by atoms with Crippen molar-refractivity contribution in [1.82, 2.24) is 24.1 Å². The molecule has 0 spiro atoms. The lowest BCUT2D eigenvalue weighted by atomic mass is 10.0. The van der Waals surface area contributed by atoms with Gasteiger partial charge in [0, 0.05) is 74.0 Å². The summed E-state index contributed by atoms with van der Waals surface area (Å²) in [6.07, 6.45) is 4.80. The normalized spacial score (nSPS) is 12.2. The summed E-state index contributed by atoms with van der Waals surface area (Å²) in [5.74, 6) is 0.730. The highest BCUT2D eigenvalue weighted by Gasteiger charge is 2.24. The van der Waals surface area contributed by atoms with E-state index >= 15 is 0 Å². The third-order valence-electron chi connectivity index (χ3n) is 10.4. The van der Waals surface area contributed by atoms with Crippen LogP contribution < -0.4 is 0 Å². The lowest BCUT2D eigenvalue weighted by Gasteiger charge is -2.09. The second-order valence-electron chi connectivity index (χ2n) is 13.3. The molecule has 1 aliphatic carbocycles. The number of fused-ring (bicyclic) bond motifs is 9. The van der Waals surface area contributed by atoms with Gasteiger partial charge in [0.05, 0.1) is 33.5 Å². The van der Waals surface area contributed by atoms with Crippen LogP contribution in [0.4, 0.5) is 0 Å². The second-order valence-corrected chi connectivity index (χ2v) is 13.3. The first-order valence-electron chi connectivity index (χ1n) is 17.3. The van der Waals surface area contributed by atoms with Crippen molar-refractivity contribution in [2.45, 2.75) is 6.42 Å². The molecule has 0 atom stereocenters. The van der Waals surface area contributed by atoms with Gasteiger partial charge in [-0.1, -0.05) is 78.9 Å². The summed E-state index contributed by atoms with van der Waals surface area (Å²) in [7, 11) is 0. The second kappa shape index (κ2) is 10.8. The van der Waals surface area contributed by atoms with Gasteiger partial charge in [-0.15, -0.1) is 0 Å². The van der Waals surface area contributed by atoms with Gasteiger partial charge in [0.25, 0.3) is 0 Å². The molecule has 4 heterocycles. The molecule has 11 rings (SSSR count). The zero-order valence-corrected chi connectivity index (χ0v) is 27.5. The zero-order valence-electron chi connectivity index (χ0n) is 27.5. The van der Waals surface area contributed by atoms with E-state index in [1.807, 2.05) is 12.4 Å². The highest BCUT2D eigenvalue weighted by molar-refractivity contribution is 6.11. The molecule has 51 heavy (non-hydrogen) atoms. The van der Waals surface area contributed by atoms with Crippen molar-refractivity contribution in [2.24, 2.45) is 0 Å². The SMILES string of the molecule is c1ccc(-n2c3ccccc3c3cc(-c4cc5c(cn4)Cc4cnc(-c6ccc7c(c6)c6ccccc6n7-c6ccccc6)nc4-5)ccc32)cc1. The number of benzene rings is 6. The molecule has 0 saturated carbocycles. The highest BCUT2D eigenvalue weighted by Crippen LogP contribution is 2.40. The van der Waals surface area contributed by atoms with Gasteiger partial charge in [0.2, 0.25) is 0 Å². The van der Waals surface area contributed by atoms with Gasteiger partial charge >= 0.3 is 0 Å². The Labute approximate surface area is 293 Å². The van der Waals surface area contributed by atoms with Crippen molar-refractivity contribution >= 4 is 43.6 Å². The Hall–Kier alpha value is -6.85. The van der Waals surface area contributed by atoms with Crippen LogP contribution in [-0.2, 0) is 6.42 Å². The van der Waals surface area contributed by atoms with Gasteiger partial charge in [-0.3, -0.25) is 4.98 Å². The average Bonchev–Trinajstić information content (AvgIpc) is 3.85. The van der Waals surface area contributed by atoms with E-state index < -0.39 is 0 Å². The Balaban J connectivity index is 1.01. The summed E-state index contributed by atoms with van der Waals surface area (Å²) in [6.45, 7) is 0. The monoisotopic (exact) mass is 651 g/mol. The maximum Gasteiger partial charge on any atom is 0.159 e. The first-order valence-corrected chi connectivity index (χ1v) is 17.3. The number of para-hydroxylation sites is 4.